The second kappa shape index (κ2) is 6.83. The number of amides is 1. The summed E-state index contributed by atoms with van der Waals surface area (Å²) in [5.74, 6) is 0.430. The lowest BCUT2D eigenvalue weighted by molar-refractivity contribution is 0.103. The fraction of sp³-hybridized carbons (Fsp3) is 0.0769. The van der Waals surface area contributed by atoms with Crippen LogP contribution in [0.15, 0.2) is 40.2 Å². The van der Waals surface area contributed by atoms with Gasteiger partial charge >= 0.3 is 0 Å². The Kier molecular flexibility index (Phi) is 5.11. The van der Waals surface area contributed by atoms with Crippen LogP contribution in [0.1, 0.15) is 9.67 Å². The van der Waals surface area contributed by atoms with Crippen molar-refractivity contribution in [1.29, 1.82) is 0 Å². The van der Waals surface area contributed by atoms with E-state index in [0.29, 0.717) is 16.3 Å². The molecule has 0 aliphatic heterocycles. The Balaban J connectivity index is 2.06. The zero-order valence-corrected chi connectivity index (χ0v) is 13.5. The molecule has 0 fully saturated rings. The Morgan fingerprint density at radius 2 is 2.25 bits per heavy atom. The molecule has 0 atom stereocenters. The Hall–Kier alpha value is -1.44. The molecular weight excluding hydrogens is 360 g/mol. The average molecular weight is 371 g/mol. The maximum Gasteiger partial charge on any atom is 0.266 e. The summed E-state index contributed by atoms with van der Waals surface area (Å²) >= 11 is 9.45. The lowest BCUT2D eigenvalue weighted by Gasteiger charge is -2.08. The molecule has 1 aromatic carbocycles. The number of hydrogen-bond donors (Lipinski definition) is 2. The molecule has 1 aromatic heterocycles. The largest absolute Gasteiger partial charge is 0.486 e. The van der Waals surface area contributed by atoms with E-state index in [1.807, 2.05) is 11.4 Å². The van der Waals surface area contributed by atoms with Gasteiger partial charge in [-0.05, 0) is 39.5 Å². The van der Waals surface area contributed by atoms with Gasteiger partial charge in [-0.3, -0.25) is 4.79 Å². The van der Waals surface area contributed by atoms with Gasteiger partial charge in [-0.1, -0.05) is 18.3 Å². The van der Waals surface area contributed by atoms with Crippen LogP contribution in [0.4, 0.5) is 5.69 Å². The Labute approximate surface area is 134 Å². The molecule has 0 aliphatic rings. The van der Waals surface area contributed by atoms with Crippen LogP contribution in [0.5, 0.6) is 5.75 Å². The molecule has 0 radical (unpaired) electrons. The van der Waals surface area contributed by atoms with Gasteiger partial charge in [0.25, 0.3) is 5.91 Å². The van der Waals surface area contributed by atoms with E-state index in [9.17, 15) is 4.79 Å². The van der Waals surface area contributed by atoms with E-state index in [1.165, 1.54) is 11.3 Å². The summed E-state index contributed by atoms with van der Waals surface area (Å²) in [6.07, 6.45) is 0. The number of ether oxygens (including phenoxy) is 1. The molecule has 7 heteroatoms. The van der Waals surface area contributed by atoms with Crippen molar-refractivity contribution in [1.82, 2.24) is 0 Å². The normalized spacial score (nSPS) is 10.1. The molecule has 2 aromatic rings. The summed E-state index contributed by atoms with van der Waals surface area (Å²) in [4.78, 5) is 13.0. The molecule has 20 heavy (non-hydrogen) atoms. The van der Waals surface area contributed by atoms with Crippen LogP contribution < -0.4 is 15.8 Å². The van der Waals surface area contributed by atoms with Crippen LogP contribution in [-0.2, 0) is 0 Å². The van der Waals surface area contributed by atoms with E-state index in [1.54, 1.807) is 24.3 Å². The molecule has 1 amide bonds. The zero-order valence-electron chi connectivity index (χ0n) is 10.3. The van der Waals surface area contributed by atoms with E-state index >= 15 is 0 Å². The minimum absolute atomic E-state index is 0.168. The number of thiocarbonyl (C=S) groups is 1. The van der Waals surface area contributed by atoms with Crippen LogP contribution >= 0.6 is 39.5 Å². The van der Waals surface area contributed by atoms with Crippen LogP contribution in [0.3, 0.4) is 0 Å². The lowest BCUT2D eigenvalue weighted by atomic mass is 10.3. The molecule has 0 spiro atoms. The molecule has 4 nitrogen and oxygen atoms in total. The summed E-state index contributed by atoms with van der Waals surface area (Å²) in [5.41, 5.74) is 6.02. The SMILES string of the molecule is NC(=S)COc1cccc(NC(=O)c2sccc2Br)c1. The van der Waals surface area contributed by atoms with E-state index in [4.69, 9.17) is 22.7 Å². The van der Waals surface area contributed by atoms with Crippen LogP contribution in [0, 0.1) is 0 Å². The van der Waals surface area contributed by atoms with E-state index in [0.717, 1.165) is 4.47 Å². The number of benzene rings is 1. The minimum atomic E-state index is -0.168. The van der Waals surface area contributed by atoms with Crippen molar-refractivity contribution in [3.63, 3.8) is 0 Å². The topological polar surface area (TPSA) is 64.3 Å². The standard InChI is InChI=1S/C13H11BrN2O2S2/c14-10-4-5-20-12(10)13(17)16-8-2-1-3-9(6-8)18-7-11(15)19/h1-6H,7H2,(H2,15,19)(H,16,17). The predicted octanol–water partition coefficient (Wildman–Crippen LogP) is 3.43. The van der Waals surface area contributed by atoms with Crippen molar-refractivity contribution in [2.75, 3.05) is 11.9 Å². The summed E-state index contributed by atoms with van der Waals surface area (Å²) in [6.45, 7) is 0.170. The van der Waals surface area contributed by atoms with Crippen molar-refractivity contribution in [3.8, 4) is 5.75 Å². The first-order valence-electron chi connectivity index (χ1n) is 5.62. The fourth-order valence-electron chi connectivity index (χ4n) is 1.46. The predicted molar refractivity (Wildman–Crippen MR) is 88.7 cm³/mol. The highest BCUT2D eigenvalue weighted by Crippen LogP contribution is 2.24. The number of carbonyl (C=O) groups is 1. The number of halogens is 1. The number of thiophene rings is 1. The fourth-order valence-corrected chi connectivity index (χ4v) is 2.97. The third-order valence-electron chi connectivity index (χ3n) is 2.30. The van der Waals surface area contributed by atoms with E-state index < -0.39 is 0 Å². The first-order chi connectivity index (χ1) is 9.56. The van der Waals surface area contributed by atoms with Crippen molar-refractivity contribution < 1.29 is 9.53 Å². The molecular formula is C13H11BrN2O2S2. The summed E-state index contributed by atoms with van der Waals surface area (Å²) in [5, 5.41) is 4.66. The molecule has 0 saturated heterocycles. The van der Waals surface area contributed by atoms with Crippen LogP contribution in [-0.4, -0.2) is 17.5 Å². The molecule has 0 unspecified atom stereocenters. The van der Waals surface area contributed by atoms with Gasteiger partial charge in [0.1, 0.15) is 22.2 Å². The van der Waals surface area contributed by atoms with Gasteiger partial charge in [0.2, 0.25) is 0 Å². The highest BCUT2D eigenvalue weighted by molar-refractivity contribution is 9.10. The van der Waals surface area contributed by atoms with Gasteiger partial charge in [-0.15, -0.1) is 11.3 Å². The smallest absolute Gasteiger partial charge is 0.266 e. The van der Waals surface area contributed by atoms with Gasteiger partial charge in [0, 0.05) is 16.2 Å². The number of hydrogen-bond acceptors (Lipinski definition) is 4. The molecule has 104 valence electrons. The molecule has 0 bridgehead atoms. The Morgan fingerprint density at radius 1 is 1.45 bits per heavy atom. The van der Waals surface area contributed by atoms with Crippen LogP contribution in [0.25, 0.3) is 0 Å². The number of carbonyl (C=O) groups excluding carboxylic acids is 1. The average Bonchev–Trinajstić information content (AvgIpc) is 2.83. The second-order valence-corrected chi connectivity index (χ2v) is 6.13. The van der Waals surface area contributed by atoms with Gasteiger partial charge in [-0.2, -0.15) is 0 Å². The number of nitrogens with two attached hydrogens (primary N) is 1. The van der Waals surface area contributed by atoms with E-state index in [-0.39, 0.29) is 17.5 Å². The maximum atomic E-state index is 12.1. The number of anilines is 1. The first kappa shape index (κ1) is 15.0. The van der Waals surface area contributed by atoms with Crippen molar-refractivity contribution in [3.05, 3.63) is 45.1 Å². The molecule has 2 rings (SSSR count). The Morgan fingerprint density at radius 3 is 2.90 bits per heavy atom. The monoisotopic (exact) mass is 370 g/mol. The highest BCUT2D eigenvalue weighted by Gasteiger charge is 2.11. The van der Waals surface area contributed by atoms with Gasteiger partial charge in [0.05, 0.1) is 0 Å². The quantitative estimate of drug-likeness (QED) is 0.791. The minimum Gasteiger partial charge on any atom is -0.486 e. The number of nitrogens with one attached hydrogen (secondary N) is 1. The highest BCUT2D eigenvalue weighted by atomic mass is 79.9. The number of rotatable bonds is 5. The third kappa shape index (κ3) is 4.03. The molecule has 3 N–H and O–H groups in total. The van der Waals surface area contributed by atoms with E-state index in [2.05, 4.69) is 21.2 Å². The first-order valence-corrected chi connectivity index (χ1v) is 7.70. The van der Waals surface area contributed by atoms with Crippen molar-refractivity contribution in [2.24, 2.45) is 5.73 Å². The lowest BCUT2D eigenvalue weighted by Crippen LogP contribution is -2.18. The van der Waals surface area contributed by atoms with Gasteiger partial charge in [-0.25, -0.2) is 0 Å². The molecule has 0 saturated carbocycles. The van der Waals surface area contributed by atoms with Crippen molar-refractivity contribution >= 4 is 56.1 Å². The van der Waals surface area contributed by atoms with Crippen LogP contribution in [0.2, 0.25) is 0 Å². The second-order valence-electron chi connectivity index (χ2n) is 3.83. The van der Waals surface area contributed by atoms with Gasteiger partial charge in [0.15, 0.2) is 0 Å². The maximum absolute atomic E-state index is 12.1. The Bertz CT molecular complexity index is 643. The third-order valence-corrected chi connectivity index (χ3v) is 4.25. The zero-order chi connectivity index (χ0) is 14.5. The molecule has 0 aliphatic carbocycles. The molecule has 1 heterocycles. The summed E-state index contributed by atoms with van der Waals surface area (Å²) in [6, 6.07) is 8.90. The van der Waals surface area contributed by atoms with Crippen molar-refractivity contribution in [2.45, 2.75) is 0 Å². The summed E-state index contributed by atoms with van der Waals surface area (Å²) in [7, 11) is 0. The summed E-state index contributed by atoms with van der Waals surface area (Å²) < 4.78 is 6.16. The van der Waals surface area contributed by atoms with Gasteiger partial charge < -0.3 is 15.8 Å².